The van der Waals surface area contributed by atoms with Crippen molar-refractivity contribution in [1.29, 1.82) is 0 Å². The average molecular weight is 267 g/mol. The van der Waals surface area contributed by atoms with Crippen molar-refractivity contribution in [2.75, 3.05) is 23.8 Å². The fourth-order valence-electron chi connectivity index (χ4n) is 2.57. The first-order valence-corrected chi connectivity index (χ1v) is 6.76. The first-order chi connectivity index (χ1) is 9.75. The van der Waals surface area contributed by atoms with Gasteiger partial charge in [-0.3, -0.25) is 9.69 Å². The predicted octanol–water partition coefficient (Wildman–Crippen LogP) is 2.64. The molecule has 2 heterocycles. The van der Waals surface area contributed by atoms with E-state index < -0.39 is 0 Å². The third-order valence-electron chi connectivity index (χ3n) is 3.73. The molecule has 1 atom stereocenters. The van der Waals surface area contributed by atoms with Crippen molar-refractivity contribution in [3.8, 4) is 0 Å². The second kappa shape index (κ2) is 5.33. The van der Waals surface area contributed by atoms with Gasteiger partial charge >= 0.3 is 0 Å². The number of nitrogens with zero attached hydrogens (tertiary/aromatic N) is 2. The summed E-state index contributed by atoms with van der Waals surface area (Å²) in [5.74, 6) is 1.02. The highest BCUT2D eigenvalue weighted by atomic mass is 16.2. The summed E-state index contributed by atoms with van der Waals surface area (Å²) < 4.78 is 0. The first-order valence-electron chi connectivity index (χ1n) is 6.76. The molecule has 4 heteroatoms. The van der Waals surface area contributed by atoms with Gasteiger partial charge in [-0.25, -0.2) is 4.98 Å². The van der Waals surface area contributed by atoms with Crippen LogP contribution in [-0.4, -0.2) is 24.5 Å². The number of nitrogens with one attached hydrogen (secondary N) is 1. The van der Waals surface area contributed by atoms with Gasteiger partial charge in [-0.2, -0.15) is 0 Å². The molecule has 1 aliphatic heterocycles. The third-order valence-corrected chi connectivity index (χ3v) is 3.73. The zero-order valence-corrected chi connectivity index (χ0v) is 11.4. The molecule has 1 aliphatic rings. The molecular weight excluding hydrogens is 250 g/mol. The Hall–Kier alpha value is -2.36. The van der Waals surface area contributed by atoms with Crippen molar-refractivity contribution in [2.24, 2.45) is 0 Å². The highest BCUT2D eigenvalue weighted by molar-refractivity contribution is 5.92. The van der Waals surface area contributed by atoms with E-state index >= 15 is 0 Å². The maximum atomic E-state index is 12.4. The van der Waals surface area contributed by atoms with Gasteiger partial charge in [0, 0.05) is 37.8 Å². The molecule has 0 radical (unpaired) electrons. The number of para-hydroxylation sites is 1. The van der Waals surface area contributed by atoms with E-state index in [1.54, 1.807) is 18.1 Å². The van der Waals surface area contributed by atoms with Crippen molar-refractivity contribution >= 4 is 17.4 Å². The number of carbonyl (C=O) groups is 1. The fraction of sp³-hybridized carbons (Fsp3) is 0.250. The van der Waals surface area contributed by atoms with Gasteiger partial charge in [-0.15, -0.1) is 0 Å². The van der Waals surface area contributed by atoms with E-state index in [0.717, 1.165) is 12.2 Å². The molecular formula is C16H17N3O. The van der Waals surface area contributed by atoms with Gasteiger partial charge in [0.15, 0.2) is 0 Å². The molecule has 1 unspecified atom stereocenters. The lowest BCUT2D eigenvalue weighted by atomic mass is 9.97. The summed E-state index contributed by atoms with van der Waals surface area (Å²) in [5, 5.41) is 3.35. The Balaban J connectivity index is 1.72. The predicted molar refractivity (Wildman–Crippen MR) is 79.9 cm³/mol. The van der Waals surface area contributed by atoms with Gasteiger partial charge in [-0.1, -0.05) is 24.3 Å². The average Bonchev–Trinajstić information content (AvgIpc) is 2.91. The second-order valence-electron chi connectivity index (χ2n) is 5.01. The Bertz CT molecular complexity index is 612. The molecule has 0 spiro atoms. The molecule has 20 heavy (non-hydrogen) atoms. The first kappa shape index (κ1) is 12.7. The van der Waals surface area contributed by atoms with Crippen molar-refractivity contribution in [3.05, 3.63) is 54.2 Å². The third kappa shape index (κ3) is 2.37. The Labute approximate surface area is 118 Å². The monoisotopic (exact) mass is 267 g/mol. The van der Waals surface area contributed by atoms with Crippen molar-refractivity contribution in [2.45, 2.75) is 12.3 Å². The molecule has 4 nitrogen and oxygen atoms in total. The summed E-state index contributed by atoms with van der Waals surface area (Å²) in [5.41, 5.74) is 2.38. The van der Waals surface area contributed by atoms with Crippen LogP contribution < -0.4 is 10.2 Å². The zero-order valence-electron chi connectivity index (χ0n) is 11.4. The summed E-state index contributed by atoms with van der Waals surface area (Å²) in [6.45, 7) is 0.821. The standard InChI is InChI=1S/C16H17N3O/c1-19(15-8-4-5-9-17-15)16(20)10-12-11-18-14-7-3-2-6-13(12)14/h2-9,12,18H,10-11H2,1H3. The van der Waals surface area contributed by atoms with E-state index in [2.05, 4.69) is 22.4 Å². The van der Waals surface area contributed by atoms with Gasteiger partial charge in [0.1, 0.15) is 5.82 Å². The molecule has 1 aromatic carbocycles. The largest absolute Gasteiger partial charge is 0.384 e. The smallest absolute Gasteiger partial charge is 0.228 e. The lowest BCUT2D eigenvalue weighted by Gasteiger charge is -2.18. The second-order valence-corrected chi connectivity index (χ2v) is 5.01. The van der Waals surface area contributed by atoms with Crippen LogP contribution in [0.25, 0.3) is 0 Å². The van der Waals surface area contributed by atoms with Crippen LogP contribution in [0.1, 0.15) is 17.9 Å². The number of fused-ring (bicyclic) bond motifs is 1. The topological polar surface area (TPSA) is 45.2 Å². The quantitative estimate of drug-likeness (QED) is 0.930. The number of hydrogen-bond acceptors (Lipinski definition) is 3. The maximum Gasteiger partial charge on any atom is 0.228 e. The number of benzene rings is 1. The van der Waals surface area contributed by atoms with Crippen molar-refractivity contribution in [3.63, 3.8) is 0 Å². The summed E-state index contributed by atoms with van der Waals surface area (Å²) in [6.07, 6.45) is 2.20. The SMILES string of the molecule is CN(C(=O)CC1CNc2ccccc21)c1ccccn1. The van der Waals surface area contributed by atoms with Gasteiger partial charge in [0.2, 0.25) is 5.91 Å². The minimum Gasteiger partial charge on any atom is -0.384 e. The lowest BCUT2D eigenvalue weighted by molar-refractivity contribution is -0.118. The number of rotatable bonds is 3. The normalized spacial score (nSPS) is 16.4. The molecule has 1 N–H and O–H groups in total. The van der Waals surface area contributed by atoms with Crippen molar-refractivity contribution < 1.29 is 4.79 Å². The number of pyridine rings is 1. The van der Waals surface area contributed by atoms with E-state index in [1.165, 1.54) is 5.56 Å². The number of anilines is 2. The van der Waals surface area contributed by atoms with Crippen molar-refractivity contribution in [1.82, 2.24) is 4.98 Å². The molecule has 0 aliphatic carbocycles. The van der Waals surface area contributed by atoms with Crippen LogP contribution in [0, 0.1) is 0 Å². The summed E-state index contributed by atoms with van der Waals surface area (Å²) >= 11 is 0. The molecule has 0 saturated carbocycles. The summed E-state index contributed by atoms with van der Waals surface area (Å²) in [4.78, 5) is 18.2. The Morgan fingerprint density at radius 1 is 1.30 bits per heavy atom. The summed E-state index contributed by atoms with van der Waals surface area (Å²) in [6, 6.07) is 13.8. The van der Waals surface area contributed by atoms with Gasteiger partial charge in [0.05, 0.1) is 0 Å². The Kier molecular flexibility index (Phi) is 3.37. The zero-order chi connectivity index (χ0) is 13.9. The van der Waals surface area contributed by atoms with Crippen LogP contribution in [0.5, 0.6) is 0 Å². The van der Waals surface area contributed by atoms with Crippen LogP contribution in [0.3, 0.4) is 0 Å². The van der Waals surface area contributed by atoms with Crippen LogP contribution in [0.4, 0.5) is 11.5 Å². The highest BCUT2D eigenvalue weighted by Gasteiger charge is 2.25. The Morgan fingerprint density at radius 2 is 2.10 bits per heavy atom. The van der Waals surface area contributed by atoms with E-state index in [1.807, 2.05) is 30.3 Å². The minimum atomic E-state index is 0.0900. The number of hydrogen-bond donors (Lipinski definition) is 1. The van der Waals surface area contributed by atoms with Gasteiger partial charge in [-0.05, 0) is 23.8 Å². The molecule has 1 aromatic heterocycles. The van der Waals surface area contributed by atoms with E-state index in [-0.39, 0.29) is 11.8 Å². The highest BCUT2D eigenvalue weighted by Crippen LogP contribution is 2.33. The number of aromatic nitrogens is 1. The van der Waals surface area contributed by atoms with Crippen LogP contribution >= 0.6 is 0 Å². The fourth-order valence-corrected chi connectivity index (χ4v) is 2.57. The van der Waals surface area contributed by atoms with Gasteiger partial charge < -0.3 is 5.32 Å². The van der Waals surface area contributed by atoms with Crippen LogP contribution in [-0.2, 0) is 4.79 Å². The van der Waals surface area contributed by atoms with Crippen LogP contribution in [0.15, 0.2) is 48.7 Å². The lowest BCUT2D eigenvalue weighted by Crippen LogP contribution is -2.28. The number of carbonyl (C=O) groups excluding carboxylic acids is 1. The molecule has 1 amide bonds. The van der Waals surface area contributed by atoms with E-state index in [0.29, 0.717) is 12.2 Å². The molecule has 0 saturated heterocycles. The Morgan fingerprint density at radius 3 is 2.90 bits per heavy atom. The summed E-state index contributed by atoms with van der Waals surface area (Å²) in [7, 11) is 1.78. The molecule has 0 bridgehead atoms. The van der Waals surface area contributed by atoms with Crippen LogP contribution in [0.2, 0.25) is 0 Å². The molecule has 2 aromatic rings. The van der Waals surface area contributed by atoms with E-state index in [4.69, 9.17) is 0 Å². The molecule has 102 valence electrons. The minimum absolute atomic E-state index is 0.0900. The van der Waals surface area contributed by atoms with Gasteiger partial charge in [0.25, 0.3) is 0 Å². The van der Waals surface area contributed by atoms with E-state index in [9.17, 15) is 4.79 Å². The maximum absolute atomic E-state index is 12.4. The molecule has 3 rings (SSSR count). The number of amides is 1. The molecule has 0 fully saturated rings.